The van der Waals surface area contributed by atoms with Crippen molar-refractivity contribution in [2.75, 3.05) is 0 Å². The molecule has 0 aromatic carbocycles. The normalized spacial score (nSPS) is 12.6. The number of aromatic nitrogens is 2. The lowest BCUT2D eigenvalue weighted by Crippen LogP contribution is -2.36. The molecule has 0 aliphatic heterocycles. The van der Waals surface area contributed by atoms with Gasteiger partial charge in [-0.2, -0.15) is 0 Å². The van der Waals surface area contributed by atoms with Gasteiger partial charge in [0.2, 0.25) is 5.43 Å². The highest BCUT2D eigenvalue weighted by Crippen LogP contribution is 2.12. The van der Waals surface area contributed by atoms with Crippen molar-refractivity contribution in [3.8, 4) is 0 Å². The Hall–Kier alpha value is -2.17. The van der Waals surface area contributed by atoms with Gasteiger partial charge in [-0.1, -0.05) is 26.7 Å². The molecule has 2 heterocycles. The third-order valence-corrected chi connectivity index (χ3v) is 4.44. The number of amides is 1. The molecule has 136 valence electrons. The van der Waals surface area contributed by atoms with Gasteiger partial charge in [-0.3, -0.25) is 9.59 Å². The average Bonchev–Trinajstić information content (AvgIpc) is 2.54. The SMILES string of the molecule is CCn1cc(C(=O)NC(C)CCCC(C)C)c(=O)c2ccc(C)nc21. The van der Waals surface area contributed by atoms with Crippen molar-refractivity contribution >= 4 is 16.9 Å². The van der Waals surface area contributed by atoms with Crippen molar-refractivity contribution in [3.63, 3.8) is 0 Å². The standard InChI is InChI=1S/C20H29N3O2/c1-6-23-12-17(18(24)16-11-10-15(5)21-19(16)23)20(25)22-14(4)9-7-8-13(2)3/h10-14H,6-9H2,1-5H3,(H,22,25). The molecule has 2 aromatic rings. The molecule has 1 amide bonds. The topological polar surface area (TPSA) is 64.0 Å². The zero-order valence-electron chi connectivity index (χ0n) is 15.9. The highest BCUT2D eigenvalue weighted by Gasteiger charge is 2.17. The minimum absolute atomic E-state index is 0.0487. The Bertz CT molecular complexity index is 808. The largest absolute Gasteiger partial charge is 0.349 e. The van der Waals surface area contributed by atoms with Crippen LogP contribution in [0.3, 0.4) is 0 Å². The predicted octanol–water partition coefficient (Wildman–Crippen LogP) is 3.67. The summed E-state index contributed by atoms with van der Waals surface area (Å²) in [6, 6.07) is 3.61. The fourth-order valence-corrected chi connectivity index (χ4v) is 2.97. The van der Waals surface area contributed by atoms with Crippen LogP contribution in [0.5, 0.6) is 0 Å². The second kappa shape index (κ2) is 8.28. The molecule has 0 radical (unpaired) electrons. The van der Waals surface area contributed by atoms with E-state index in [0.717, 1.165) is 25.0 Å². The minimum atomic E-state index is -0.299. The molecule has 0 aliphatic rings. The number of carbonyl (C=O) groups excluding carboxylic acids is 1. The lowest BCUT2D eigenvalue weighted by Gasteiger charge is -2.16. The Morgan fingerprint density at radius 3 is 2.60 bits per heavy atom. The smallest absolute Gasteiger partial charge is 0.256 e. The number of nitrogens with one attached hydrogen (secondary N) is 1. The van der Waals surface area contributed by atoms with Crippen LogP contribution in [0, 0.1) is 12.8 Å². The van der Waals surface area contributed by atoms with Crippen molar-refractivity contribution in [2.24, 2.45) is 5.92 Å². The van der Waals surface area contributed by atoms with Gasteiger partial charge in [-0.05, 0) is 45.2 Å². The summed E-state index contributed by atoms with van der Waals surface area (Å²) in [6.45, 7) is 10.9. The van der Waals surface area contributed by atoms with E-state index in [2.05, 4.69) is 24.1 Å². The number of hydrogen-bond donors (Lipinski definition) is 1. The van der Waals surface area contributed by atoms with Crippen LogP contribution in [0.1, 0.15) is 63.0 Å². The third-order valence-electron chi connectivity index (χ3n) is 4.44. The van der Waals surface area contributed by atoms with E-state index in [9.17, 15) is 9.59 Å². The van der Waals surface area contributed by atoms with E-state index in [1.165, 1.54) is 0 Å². The second-order valence-corrected chi connectivity index (χ2v) is 7.18. The van der Waals surface area contributed by atoms with Gasteiger partial charge in [0.05, 0.1) is 5.39 Å². The molecule has 1 atom stereocenters. The highest BCUT2D eigenvalue weighted by atomic mass is 16.2. The van der Waals surface area contributed by atoms with Crippen LogP contribution >= 0.6 is 0 Å². The Kier molecular flexibility index (Phi) is 6.34. The van der Waals surface area contributed by atoms with Gasteiger partial charge in [0, 0.05) is 24.5 Å². The molecule has 0 spiro atoms. The first kappa shape index (κ1) is 19.2. The quantitative estimate of drug-likeness (QED) is 0.834. The van der Waals surface area contributed by atoms with Crippen LogP contribution in [0.4, 0.5) is 0 Å². The first-order valence-electron chi connectivity index (χ1n) is 9.15. The van der Waals surface area contributed by atoms with Gasteiger partial charge in [0.1, 0.15) is 11.2 Å². The van der Waals surface area contributed by atoms with Crippen molar-refractivity contribution in [3.05, 3.63) is 39.8 Å². The maximum atomic E-state index is 12.7. The van der Waals surface area contributed by atoms with Gasteiger partial charge in [0.25, 0.3) is 5.91 Å². The third kappa shape index (κ3) is 4.68. The monoisotopic (exact) mass is 343 g/mol. The van der Waals surface area contributed by atoms with Crippen LogP contribution in [0.2, 0.25) is 0 Å². The van der Waals surface area contributed by atoms with E-state index < -0.39 is 0 Å². The summed E-state index contributed by atoms with van der Waals surface area (Å²) in [5.41, 5.74) is 1.42. The molecular formula is C20H29N3O2. The fourth-order valence-electron chi connectivity index (χ4n) is 2.97. The number of pyridine rings is 2. The van der Waals surface area contributed by atoms with E-state index in [0.29, 0.717) is 23.5 Å². The van der Waals surface area contributed by atoms with Crippen molar-refractivity contribution in [2.45, 2.75) is 66.5 Å². The Morgan fingerprint density at radius 1 is 1.24 bits per heavy atom. The molecule has 0 fully saturated rings. The lowest BCUT2D eigenvalue weighted by molar-refractivity contribution is 0.0936. The van der Waals surface area contributed by atoms with Gasteiger partial charge in [-0.25, -0.2) is 4.98 Å². The number of aryl methyl sites for hydroxylation is 2. The molecular weight excluding hydrogens is 314 g/mol. The van der Waals surface area contributed by atoms with Gasteiger partial charge < -0.3 is 9.88 Å². The van der Waals surface area contributed by atoms with E-state index in [-0.39, 0.29) is 22.9 Å². The molecule has 0 aliphatic carbocycles. The lowest BCUT2D eigenvalue weighted by atomic mass is 10.0. The predicted molar refractivity (Wildman–Crippen MR) is 102 cm³/mol. The van der Waals surface area contributed by atoms with Gasteiger partial charge in [-0.15, -0.1) is 0 Å². The average molecular weight is 343 g/mol. The molecule has 5 nitrogen and oxygen atoms in total. The number of nitrogens with zero attached hydrogens (tertiary/aromatic N) is 2. The van der Waals surface area contributed by atoms with E-state index in [1.54, 1.807) is 18.3 Å². The maximum absolute atomic E-state index is 12.7. The summed E-state index contributed by atoms with van der Waals surface area (Å²) < 4.78 is 1.86. The first-order valence-corrected chi connectivity index (χ1v) is 9.15. The van der Waals surface area contributed by atoms with Crippen molar-refractivity contribution in [1.82, 2.24) is 14.9 Å². The minimum Gasteiger partial charge on any atom is -0.349 e. The van der Waals surface area contributed by atoms with E-state index in [4.69, 9.17) is 0 Å². The molecule has 25 heavy (non-hydrogen) atoms. The summed E-state index contributed by atoms with van der Waals surface area (Å²) >= 11 is 0. The summed E-state index contributed by atoms with van der Waals surface area (Å²) in [6.07, 6.45) is 4.76. The molecule has 5 heteroatoms. The molecule has 1 unspecified atom stereocenters. The number of hydrogen-bond acceptors (Lipinski definition) is 3. The van der Waals surface area contributed by atoms with Crippen molar-refractivity contribution in [1.29, 1.82) is 0 Å². The fraction of sp³-hybridized carbons (Fsp3) is 0.550. The van der Waals surface area contributed by atoms with E-state index in [1.807, 2.05) is 25.3 Å². The highest BCUT2D eigenvalue weighted by molar-refractivity contribution is 5.97. The van der Waals surface area contributed by atoms with Crippen LogP contribution in [-0.2, 0) is 6.54 Å². The molecule has 0 saturated carbocycles. The Balaban J connectivity index is 2.25. The molecule has 1 N–H and O–H groups in total. The van der Waals surface area contributed by atoms with Crippen LogP contribution < -0.4 is 10.7 Å². The summed E-state index contributed by atoms with van der Waals surface area (Å²) in [5.74, 6) is 0.364. The Morgan fingerprint density at radius 2 is 1.96 bits per heavy atom. The number of rotatable bonds is 7. The molecule has 2 rings (SSSR count). The van der Waals surface area contributed by atoms with Crippen LogP contribution in [-0.4, -0.2) is 21.5 Å². The molecule has 0 bridgehead atoms. The Labute approximate surface area is 149 Å². The summed E-state index contributed by atoms with van der Waals surface area (Å²) in [7, 11) is 0. The van der Waals surface area contributed by atoms with Gasteiger partial charge in [0.15, 0.2) is 0 Å². The maximum Gasteiger partial charge on any atom is 0.256 e. The molecule has 2 aromatic heterocycles. The zero-order chi connectivity index (χ0) is 18.6. The summed E-state index contributed by atoms with van der Waals surface area (Å²) in [5, 5.41) is 3.46. The van der Waals surface area contributed by atoms with Crippen LogP contribution in [0.25, 0.3) is 11.0 Å². The second-order valence-electron chi connectivity index (χ2n) is 7.18. The first-order chi connectivity index (χ1) is 11.8. The zero-order valence-corrected chi connectivity index (χ0v) is 15.9. The number of carbonyl (C=O) groups is 1. The summed E-state index contributed by atoms with van der Waals surface area (Å²) in [4.78, 5) is 29.8. The number of fused-ring (bicyclic) bond motifs is 1. The van der Waals surface area contributed by atoms with Gasteiger partial charge >= 0.3 is 0 Å². The van der Waals surface area contributed by atoms with Crippen molar-refractivity contribution < 1.29 is 4.79 Å². The van der Waals surface area contributed by atoms with E-state index >= 15 is 0 Å². The molecule has 0 saturated heterocycles. The van der Waals surface area contributed by atoms with Crippen LogP contribution in [0.15, 0.2) is 23.1 Å².